The van der Waals surface area contributed by atoms with Gasteiger partial charge in [-0.2, -0.15) is 4.98 Å². The van der Waals surface area contributed by atoms with E-state index in [-0.39, 0.29) is 18.4 Å². The first kappa shape index (κ1) is 16.2. The van der Waals surface area contributed by atoms with E-state index in [9.17, 15) is 0 Å². The second kappa shape index (κ2) is 7.74. The summed E-state index contributed by atoms with van der Waals surface area (Å²) in [5, 5.41) is 7.46. The fourth-order valence-corrected chi connectivity index (χ4v) is 2.86. The summed E-state index contributed by atoms with van der Waals surface area (Å²) in [6.07, 6.45) is 3.56. The Balaban J connectivity index is 0.00000161. The number of hydrogen-bond acceptors (Lipinski definition) is 7. The summed E-state index contributed by atoms with van der Waals surface area (Å²) < 4.78 is 5.34. The summed E-state index contributed by atoms with van der Waals surface area (Å²) in [4.78, 5) is 11.9. The van der Waals surface area contributed by atoms with Crippen molar-refractivity contribution < 1.29 is 4.52 Å². The molecule has 1 fully saturated rings. The summed E-state index contributed by atoms with van der Waals surface area (Å²) in [6.45, 7) is 2.88. The molecule has 3 rings (SSSR count). The van der Waals surface area contributed by atoms with Crippen molar-refractivity contribution in [3.63, 3.8) is 0 Å². The lowest BCUT2D eigenvalue weighted by atomic mass is 10.2. The van der Waals surface area contributed by atoms with Crippen LogP contribution in [-0.2, 0) is 5.75 Å². The average Bonchev–Trinajstić information content (AvgIpc) is 2.95. The molecule has 1 unspecified atom stereocenters. The zero-order valence-corrected chi connectivity index (χ0v) is 13.4. The van der Waals surface area contributed by atoms with Crippen LogP contribution in [0.5, 0.6) is 0 Å². The maximum Gasteiger partial charge on any atom is 0.237 e. The summed E-state index contributed by atoms with van der Waals surface area (Å²) in [6, 6.07) is 4.15. The van der Waals surface area contributed by atoms with Crippen molar-refractivity contribution in [1.82, 2.24) is 25.3 Å². The number of nitrogens with zero attached hydrogens (tertiary/aromatic N) is 4. The maximum absolute atomic E-state index is 5.34. The zero-order chi connectivity index (χ0) is 13.8. The Morgan fingerprint density at radius 3 is 3.00 bits per heavy atom. The van der Waals surface area contributed by atoms with Crippen LogP contribution < -0.4 is 5.32 Å². The predicted molar refractivity (Wildman–Crippen MR) is 83.6 cm³/mol. The zero-order valence-electron chi connectivity index (χ0n) is 11.7. The molecule has 1 aliphatic rings. The van der Waals surface area contributed by atoms with Gasteiger partial charge in [0.25, 0.3) is 0 Å². The van der Waals surface area contributed by atoms with E-state index in [0.29, 0.717) is 11.6 Å². The molecule has 1 N–H and O–H groups in total. The molecule has 0 spiro atoms. The van der Waals surface area contributed by atoms with E-state index in [2.05, 4.69) is 32.4 Å². The molecule has 0 saturated carbocycles. The monoisotopic (exact) mass is 327 g/mol. The number of halogens is 1. The molecule has 0 amide bonds. The van der Waals surface area contributed by atoms with Crippen molar-refractivity contribution in [3.8, 4) is 0 Å². The van der Waals surface area contributed by atoms with Gasteiger partial charge in [-0.05, 0) is 19.2 Å². The Labute approximate surface area is 134 Å². The molecule has 8 heteroatoms. The van der Waals surface area contributed by atoms with Crippen molar-refractivity contribution in [2.24, 2.45) is 0 Å². The summed E-state index contributed by atoms with van der Waals surface area (Å²) in [5.41, 5.74) is 0. The third kappa shape index (κ3) is 4.16. The van der Waals surface area contributed by atoms with Crippen LogP contribution in [0.15, 0.2) is 33.9 Å². The van der Waals surface area contributed by atoms with E-state index in [1.54, 1.807) is 24.2 Å². The number of hydrogen-bond donors (Lipinski definition) is 1. The molecule has 21 heavy (non-hydrogen) atoms. The van der Waals surface area contributed by atoms with Gasteiger partial charge in [-0.3, -0.25) is 9.88 Å². The van der Waals surface area contributed by atoms with Crippen LogP contribution in [0.3, 0.4) is 0 Å². The smallest absolute Gasteiger partial charge is 0.237 e. The van der Waals surface area contributed by atoms with Gasteiger partial charge >= 0.3 is 0 Å². The number of piperazine rings is 1. The standard InChI is InChI=1S/C13H17N5OS.ClH/c1-18-7-6-15-8-11(18)13-16-12(19-17-13)9-20-10-2-4-14-5-3-10;/h2-5,11,15H,6-9H2,1H3;1H. The summed E-state index contributed by atoms with van der Waals surface area (Å²) in [7, 11) is 2.09. The largest absolute Gasteiger partial charge is 0.338 e. The van der Waals surface area contributed by atoms with E-state index < -0.39 is 0 Å². The SMILES string of the molecule is CN1CCNCC1c1noc(CSc2ccncc2)n1.Cl. The van der Waals surface area contributed by atoms with E-state index in [1.807, 2.05) is 12.1 Å². The van der Waals surface area contributed by atoms with Crippen LogP contribution in [0.25, 0.3) is 0 Å². The molecule has 0 bridgehead atoms. The van der Waals surface area contributed by atoms with Gasteiger partial charge in [0.2, 0.25) is 5.89 Å². The van der Waals surface area contributed by atoms with Crippen molar-refractivity contribution in [1.29, 1.82) is 0 Å². The van der Waals surface area contributed by atoms with Crippen LogP contribution in [0.4, 0.5) is 0 Å². The molecule has 1 saturated heterocycles. The molecule has 6 nitrogen and oxygen atoms in total. The number of pyridine rings is 1. The average molecular weight is 328 g/mol. The fraction of sp³-hybridized carbons (Fsp3) is 0.462. The highest BCUT2D eigenvalue weighted by atomic mass is 35.5. The van der Waals surface area contributed by atoms with Gasteiger partial charge in [0, 0.05) is 36.9 Å². The van der Waals surface area contributed by atoms with Crippen LogP contribution >= 0.6 is 24.2 Å². The molecule has 0 aromatic carbocycles. The highest BCUT2D eigenvalue weighted by molar-refractivity contribution is 7.98. The number of aromatic nitrogens is 3. The first-order valence-electron chi connectivity index (χ1n) is 6.59. The van der Waals surface area contributed by atoms with Gasteiger partial charge in [0.1, 0.15) is 0 Å². The maximum atomic E-state index is 5.34. The summed E-state index contributed by atoms with van der Waals surface area (Å²) >= 11 is 1.67. The minimum atomic E-state index is 0. The predicted octanol–water partition coefficient (Wildman–Crippen LogP) is 1.75. The fourth-order valence-electron chi connectivity index (χ4n) is 2.14. The molecule has 2 aromatic rings. The summed E-state index contributed by atoms with van der Waals surface area (Å²) in [5.74, 6) is 2.12. The van der Waals surface area contributed by atoms with E-state index >= 15 is 0 Å². The molecular weight excluding hydrogens is 310 g/mol. The highest BCUT2D eigenvalue weighted by Gasteiger charge is 2.25. The molecule has 2 aromatic heterocycles. The van der Waals surface area contributed by atoms with Gasteiger partial charge < -0.3 is 9.84 Å². The van der Waals surface area contributed by atoms with Crippen molar-refractivity contribution in [2.75, 3.05) is 26.7 Å². The lowest BCUT2D eigenvalue weighted by Gasteiger charge is -2.30. The van der Waals surface area contributed by atoms with E-state index in [1.165, 1.54) is 0 Å². The minimum absolute atomic E-state index is 0. The Morgan fingerprint density at radius 2 is 2.24 bits per heavy atom. The van der Waals surface area contributed by atoms with Gasteiger partial charge in [-0.25, -0.2) is 0 Å². The number of nitrogens with one attached hydrogen (secondary N) is 1. The van der Waals surface area contributed by atoms with Crippen molar-refractivity contribution in [2.45, 2.75) is 16.7 Å². The molecule has 0 aliphatic carbocycles. The van der Waals surface area contributed by atoms with Crippen LogP contribution in [0.2, 0.25) is 0 Å². The third-order valence-electron chi connectivity index (χ3n) is 3.30. The lowest BCUT2D eigenvalue weighted by molar-refractivity contribution is 0.190. The normalized spacial score (nSPS) is 19.2. The van der Waals surface area contributed by atoms with Crippen LogP contribution in [-0.4, -0.2) is 46.7 Å². The Bertz CT molecular complexity index is 553. The Morgan fingerprint density at radius 1 is 1.43 bits per heavy atom. The number of thioether (sulfide) groups is 1. The van der Waals surface area contributed by atoms with Gasteiger partial charge in [0.15, 0.2) is 5.82 Å². The third-order valence-corrected chi connectivity index (χ3v) is 4.30. The van der Waals surface area contributed by atoms with Crippen LogP contribution in [0, 0.1) is 0 Å². The topological polar surface area (TPSA) is 67.1 Å². The quantitative estimate of drug-likeness (QED) is 0.858. The molecule has 1 atom stereocenters. The van der Waals surface area contributed by atoms with E-state index in [0.717, 1.165) is 30.4 Å². The minimum Gasteiger partial charge on any atom is -0.338 e. The first-order chi connectivity index (χ1) is 9.83. The molecule has 1 aliphatic heterocycles. The molecular formula is C13H18ClN5OS. The van der Waals surface area contributed by atoms with Crippen molar-refractivity contribution in [3.05, 3.63) is 36.2 Å². The molecule has 0 radical (unpaired) electrons. The van der Waals surface area contributed by atoms with Gasteiger partial charge in [-0.15, -0.1) is 24.2 Å². The number of rotatable bonds is 4. The van der Waals surface area contributed by atoms with Crippen LogP contribution in [0.1, 0.15) is 17.8 Å². The van der Waals surface area contributed by atoms with Gasteiger partial charge in [-0.1, -0.05) is 5.16 Å². The Hall–Kier alpha value is -1.15. The lowest BCUT2D eigenvalue weighted by Crippen LogP contribution is -2.44. The second-order valence-corrected chi connectivity index (χ2v) is 5.77. The molecule has 3 heterocycles. The Kier molecular flexibility index (Phi) is 5.98. The molecule has 114 valence electrons. The van der Waals surface area contributed by atoms with Crippen molar-refractivity contribution >= 4 is 24.2 Å². The van der Waals surface area contributed by atoms with E-state index in [4.69, 9.17) is 4.52 Å². The van der Waals surface area contributed by atoms with Gasteiger partial charge in [0.05, 0.1) is 11.8 Å². The second-order valence-electron chi connectivity index (χ2n) is 4.72. The first-order valence-corrected chi connectivity index (χ1v) is 7.58. The number of likely N-dealkylation sites (N-methyl/N-ethyl adjacent to an activating group) is 1. The highest BCUT2D eigenvalue weighted by Crippen LogP contribution is 2.23.